The number of phenolic OH excluding ortho intramolecular Hbond substituents is 1. The molecule has 122 valence electrons. The molecule has 3 aromatic carbocycles. The lowest BCUT2D eigenvalue weighted by atomic mass is 9.96. The van der Waals surface area contributed by atoms with E-state index in [0.717, 1.165) is 28.7 Å². The summed E-state index contributed by atoms with van der Waals surface area (Å²) < 4.78 is 19.2. The van der Waals surface area contributed by atoms with Crippen LogP contribution in [-0.4, -0.2) is 5.11 Å². The van der Waals surface area contributed by atoms with E-state index in [1.807, 2.05) is 37.3 Å². The number of ether oxygens (including phenoxy) is 1. The SMILES string of the molecule is CCc1cc(O)cc(OCc2ccccc2)c1-c1ccc(F)cc1. The maximum atomic E-state index is 13.2. The fraction of sp³-hybridized carbons (Fsp3) is 0.143. The summed E-state index contributed by atoms with van der Waals surface area (Å²) >= 11 is 0. The van der Waals surface area contributed by atoms with Crippen molar-refractivity contribution in [3.8, 4) is 22.6 Å². The highest BCUT2D eigenvalue weighted by molar-refractivity contribution is 5.75. The van der Waals surface area contributed by atoms with Crippen molar-refractivity contribution in [2.75, 3.05) is 0 Å². The van der Waals surface area contributed by atoms with Crippen molar-refractivity contribution in [2.24, 2.45) is 0 Å². The first-order chi connectivity index (χ1) is 11.7. The van der Waals surface area contributed by atoms with E-state index in [1.54, 1.807) is 24.3 Å². The molecule has 3 aromatic rings. The van der Waals surface area contributed by atoms with Crippen LogP contribution in [0.2, 0.25) is 0 Å². The summed E-state index contributed by atoms with van der Waals surface area (Å²) in [6.07, 6.45) is 0.739. The van der Waals surface area contributed by atoms with Crippen molar-refractivity contribution >= 4 is 0 Å². The number of aryl methyl sites for hydroxylation is 1. The average Bonchev–Trinajstić information content (AvgIpc) is 2.61. The third kappa shape index (κ3) is 3.57. The molecule has 3 rings (SSSR count). The Hall–Kier alpha value is -2.81. The largest absolute Gasteiger partial charge is 0.508 e. The number of benzene rings is 3. The van der Waals surface area contributed by atoms with Crippen molar-refractivity contribution in [3.05, 3.63) is 83.7 Å². The molecular formula is C21H19FO2. The van der Waals surface area contributed by atoms with Crippen molar-refractivity contribution in [2.45, 2.75) is 20.0 Å². The highest BCUT2D eigenvalue weighted by Crippen LogP contribution is 2.37. The molecule has 24 heavy (non-hydrogen) atoms. The lowest BCUT2D eigenvalue weighted by molar-refractivity contribution is 0.305. The summed E-state index contributed by atoms with van der Waals surface area (Å²) in [4.78, 5) is 0. The van der Waals surface area contributed by atoms with E-state index < -0.39 is 0 Å². The van der Waals surface area contributed by atoms with E-state index in [-0.39, 0.29) is 11.6 Å². The summed E-state index contributed by atoms with van der Waals surface area (Å²) in [5.41, 5.74) is 3.77. The van der Waals surface area contributed by atoms with Crippen LogP contribution in [0.3, 0.4) is 0 Å². The zero-order valence-electron chi connectivity index (χ0n) is 13.5. The van der Waals surface area contributed by atoms with Crippen LogP contribution >= 0.6 is 0 Å². The molecule has 0 aliphatic heterocycles. The Bertz CT molecular complexity index is 811. The van der Waals surface area contributed by atoms with Crippen LogP contribution in [0, 0.1) is 5.82 Å². The number of aromatic hydroxyl groups is 1. The van der Waals surface area contributed by atoms with Crippen LogP contribution in [0.15, 0.2) is 66.7 Å². The van der Waals surface area contributed by atoms with Crippen molar-refractivity contribution in [1.82, 2.24) is 0 Å². The molecule has 0 amide bonds. The van der Waals surface area contributed by atoms with Gasteiger partial charge >= 0.3 is 0 Å². The Kier molecular flexibility index (Phi) is 4.80. The summed E-state index contributed by atoms with van der Waals surface area (Å²) in [6, 6.07) is 19.5. The third-order valence-electron chi connectivity index (χ3n) is 3.92. The van der Waals surface area contributed by atoms with Gasteiger partial charge in [-0.3, -0.25) is 0 Å². The van der Waals surface area contributed by atoms with E-state index in [0.29, 0.717) is 12.4 Å². The van der Waals surface area contributed by atoms with Gasteiger partial charge in [0.25, 0.3) is 0 Å². The van der Waals surface area contributed by atoms with Gasteiger partial charge in [-0.1, -0.05) is 49.4 Å². The molecule has 0 saturated carbocycles. The fourth-order valence-electron chi connectivity index (χ4n) is 2.73. The summed E-state index contributed by atoms with van der Waals surface area (Å²) in [7, 11) is 0. The lowest BCUT2D eigenvalue weighted by Crippen LogP contribution is -1.99. The Morgan fingerprint density at radius 3 is 2.33 bits per heavy atom. The summed E-state index contributed by atoms with van der Waals surface area (Å²) in [5.74, 6) is 0.491. The van der Waals surface area contributed by atoms with Gasteiger partial charge in [-0.05, 0) is 41.3 Å². The summed E-state index contributed by atoms with van der Waals surface area (Å²) in [5, 5.41) is 10.00. The van der Waals surface area contributed by atoms with Crippen LogP contribution in [0.1, 0.15) is 18.1 Å². The molecule has 0 fully saturated rings. The predicted molar refractivity (Wildman–Crippen MR) is 93.7 cm³/mol. The lowest BCUT2D eigenvalue weighted by Gasteiger charge is -2.16. The van der Waals surface area contributed by atoms with Gasteiger partial charge in [-0.15, -0.1) is 0 Å². The molecule has 0 heterocycles. The predicted octanol–water partition coefficient (Wildman–Crippen LogP) is 5.34. The first-order valence-electron chi connectivity index (χ1n) is 7.96. The Labute approximate surface area is 141 Å². The highest BCUT2D eigenvalue weighted by Gasteiger charge is 2.14. The molecule has 0 spiro atoms. The maximum Gasteiger partial charge on any atom is 0.131 e. The zero-order valence-corrected chi connectivity index (χ0v) is 13.5. The first-order valence-corrected chi connectivity index (χ1v) is 7.96. The Morgan fingerprint density at radius 2 is 1.67 bits per heavy atom. The number of hydrogen-bond donors (Lipinski definition) is 1. The van der Waals surface area contributed by atoms with Gasteiger partial charge < -0.3 is 9.84 Å². The van der Waals surface area contributed by atoms with Crippen LogP contribution < -0.4 is 4.74 Å². The second-order valence-corrected chi connectivity index (χ2v) is 5.61. The van der Waals surface area contributed by atoms with Crippen LogP contribution in [-0.2, 0) is 13.0 Å². The summed E-state index contributed by atoms with van der Waals surface area (Å²) in [6.45, 7) is 2.42. The molecular weight excluding hydrogens is 303 g/mol. The topological polar surface area (TPSA) is 29.5 Å². The van der Waals surface area contributed by atoms with E-state index >= 15 is 0 Å². The van der Waals surface area contributed by atoms with Crippen LogP contribution in [0.25, 0.3) is 11.1 Å². The minimum absolute atomic E-state index is 0.167. The Balaban J connectivity index is 2.00. The molecule has 0 bridgehead atoms. The zero-order chi connectivity index (χ0) is 16.9. The van der Waals surface area contributed by atoms with E-state index in [1.165, 1.54) is 12.1 Å². The quantitative estimate of drug-likeness (QED) is 0.687. The standard InChI is InChI=1S/C21H19FO2/c1-2-16-12-19(23)13-20(24-14-15-6-4-3-5-7-15)21(16)17-8-10-18(22)11-9-17/h3-13,23H,2,14H2,1H3. The molecule has 0 aliphatic carbocycles. The fourth-order valence-corrected chi connectivity index (χ4v) is 2.73. The highest BCUT2D eigenvalue weighted by atomic mass is 19.1. The number of phenols is 1. The van der Waals surface area contributed by atoms with E-state index in [4.69, 9.17) is 4.74 Å². The van der Waals surface area contributed by atoms with Crippen molar-refractivity contribution in [3.63, 3.8) is 0 Å². The van der Waals surface area contributed by atoms with Crippen molar-refractivity contribution in [1.29, 1.82) is 0 Å². The van der Waals surface area contributed by atoms with E-state index in [2.05, 4.69) is 0 Å². The number of rotatable bonds is 5. The van der Waals surface area contributed by atoms with Gasteiger partial charge in [-0.2, -0.15) is 0 Å². The molecule has 3 heteroatoms. The minimum Gasteiger partial charge on any atom is -0.508 e. The second-order valence-electron chi connectivity index (χ2n) is 5.61. The molecule has 0 aliphatic rings. The number of halogens is 1. The molecule has 0 radical (unpaired) electrons. The number of hydrogen-bond acceptors (Lipinski definition) is 2. The first kappa shape index (κ1) is 16.1. The second kappa shape index (κ2) is 7.18. The van der Waals surface area contributed by atoms with Gasteiger partial charge in [-0.25, -0.2) is 4.39 Å². The van der Waals surface area contributed by atoms with Gasteiger partial charge in [0.05, 0.1) is 0 Å². The van der Waals surface area contributed by atoms with Gasteiger partial charge in [0, 0.05) is 11.6 Å². The molecule has 0 atom stereocenters. The Morgan fingerprint density at radius 1 is 0.958 bits per heavy atom. The molecule has 2 nitrogen and oxygen atoms in total. The normalized spacial score (nSPS) is 10.6. The van der Waals surface area contributed by atoms with Crippen LogP contribution in [0.4, 0.5) is 4.39 Å². The third-order valence-corrected chi connectivity index (χ3v) is 3.92. The van der Waals surface area contributed by atoms with E-state index in [9.17, 15) is 9.50 Å². The maximum absolute atomic E-state index is 13.2. The average molecular weight is 322 g/mol. The van der Waals surface area contributed by atoms with Gasteiger partial charge in [0.1, 0.15) is 23.9 Å². The molecule has 0 unspecified atom stereocenters. The van der Waals surface area contributed by atoms with Crippen molar-refractivity contribution < 1.29 is 14.2 Å². The van der Waals surface area contributed by atoms with Gasteiger partial charge in [0.15, 0.2) is 0 Å². The smallest absolute Gasteiger partial charge is 0.131 e. The molecule has 0 saturated heterocycles. The monoisotopic (exact) mass is 322 g/mol. The van der Waals surface area contributed by atoms with Crippen LogP contribution in [0.5, 0.6) is 11.5 Å². The molecule has 1 N–H and O–H groups in total. The minimum atomic E-state index is -0.276. The molecule has 0 aromatic heterocycles. The van der Waals surface area contributed by atoms with Gasteiger partial charge in [0.2, 0.25) is 0 Å².